The Morgan fingerprint density at radius 2 is 1.66 bits per heavy atom. The Hall–Kier alpha value is -7.10. The van der Waals surface area contributed by atoms with E-state index in [4.69, 9.17) is 26.1 Å². The summed E-state index contributed by atoms with van der Waals surface area (Å²) in [5, 5.41) is 12.4. The van der Waals surface area contributed by atoms with Crippen LogP contribution in [-0.2, 0) is 26.4 Å². The largest absolute Gasteiger partial charge is 0.447 e. The van der Waals surface area contributed by atoms with Gasteiger partial charge >= 0.3 is 24.9 Å². The molecule has 0 bridgehead atoms. The van der Waals surface area contributed by atoms with Crippen LogP contribution >= 0.6 is 11.6 Å². The Bertz CT molecular complexity index is 2900. The van der Waals surface area contributed by atoms with Crippen LogP contribution in [0.25, 0.3) is 27.8 Å². The zero-order chi connectivity index (χ0) is 48.8. The fourth-order valence-electron chi connectivity index (χ4n) is 7.89. The molecule has 356 valence electrons. The normalized spacial score (nSPS) is 17.4. The van der Waals surface area contributed by atoms with Crippen molar-refractivity contribution in [1.29, 1.82) is 0 Å². The molecule has 0 saturated heterocycles. The summed E-state index contributed by atoms with van der Waals surface area (Å²) in [6, 6.07) is 19.0. The van der Waals surface area contributed by atoms with Gasteiger partial charge in [0, 0.05) is 17.1 Å². The fourth-order valence-corrected chi connectivity index (χ4v) is 8.09. The second-order valence-corrected chi connectivity index (χ2v) is 17.8. The summed E-state index contributed by atoms with van der Waals surface area (Å²) in [5.74, 6) is -2.05. The molecule has 2 N–H and O–H groups in total. The highest BCUT2D eigenvalue weighted by Crippen LogP contribution is 2.49. The number of amides is 3. The number of nitrogens with one attached hydrogen (secondary N) is 2. The van der Waals surface area contributed by atoms with E-state index in [9.17, 15) is 40.3 Å². The van der Waals surface area contributed by atoms with Crippen LogP contribution in [0.2, 0.25) is 5.02 Å². The Kier molecular flexibility index (Phi) is 12.7. The van der Waals surface area contributed by atoms with Crippen LogP contribution in [0.3, 0.4) is 0 Å². The van der Waals surface area contributed by atoms with Crippen LogP contribution in [0.15, 0.2) is 103 Å². The van der Waals surface area contributed by atoms with Crippen LogP contribution in [-0.4, -0.2) is 76.8 Å². The van der Waals surface area contributed by atoms with Gasteiger partial charge in [-0.05, 0) is 71.7 Å². The first kappa shape index (κ1) is 47.4. The van der Waals surface area contributed by atoms with Gasteiger partial charge in [-0.2, -0.15) is 32.1 Å². The molecular weight excluding hydrogens is 929 g/mol. The molecule has 8 rings (SSSR count). The van der Waals surface area contributed by atoms with E-state index in [1.54, 1.807) is 60.7 Å². The number of hydrogen-bond donors (Lipinski definition) is 2. The van der Waals surface area contributed by atoms with Crippen molar-refractivity contribution >= 4 is 46.6 Å². The minimum atomic E-state index is -4.81. The molecular formula is C45H40ClF7N10O5. The van der Waals surface area contributed by atoms with Crippen LogP contribution in [0.1, 0.15) is 81.6 Å². The number of nitrogens with zero attached hydrogens (tertiary/aromatic N) is 8. The minimum Gasteiger partial charge on any atom is -0.447 e. The highest BCUT2D eigenvalue weighted by molar-refractivity contribution is 6.32. The molecule has 23 heteroatoms. The van der Waals surface area contributed by atoms with Gasteiger partial charge in [0.25, 0.3) is 12.3 Å². The zero-order valence-electron chi connectivity index (χ0n) is 36.1. The second-order valence-electron chi connectivity index (χ2n) is 17.3. The van der Waals surface area contributed by atoms with Crippen molar-refractivity contribution in [2.24, 2.45) is 10.4 Å². The summed E-state index contributed by atoms with van der Waals surface area (Å²) in [6.07, 6.45) is -8.12. The molecule has 0 unspecified atom stereocenters. The number of guanidine groups is 1. The maximum atomic E-state index is 15.7. The number of carbonyl (C=O) groups is 3. The van der Waals surface area contributed by atoms with Gasteiger partial charge in [0.15, 0.2) is 11.4 Å². The lowest BCUT2D eigenvalue weighted by Gasteiger charge is -2.35. The van der Waals surface area contributed by atoms with E-state index < -0.39 is 91.0 Å². The van der Waals surface area contributed by atoms with E-state index in [1.807, 2.05) is 26.1 Å². The number of pyridine rings is 1. The number of fused-ring (bicyclic) bond motifs is 1. The van der Waals surface area contributed by atoms with Crippen molar-refractivity contribution < 1.29 is 54.6 Å². The van der Waals surface area contributed by atoms with Crippen LogP contribution in [0.5, 0.6) is 0 Å². The molecule has 1 aliphatic carbocycles. The van der Waals surface area contributed by atoms with Crippen molar-refractivity contribution in [3.8, 4) is 16.9 Å². The third kappa shape index (κ3) is 9.67. The topological polar surface area (TPSA) is 171 Å². The van der Waals surface area contributed by atoms with Gasteiger partial charge < -0.3 is 14.8 Å². The fraction of sp³-hybridized carbons (Fsp3) is 0.333. The third-order valence-electron chi connectivity index (χ3n) is 11.2. The molecule has 2 atom stereocenters. The minimum absolute atomic E-state index is 0.0161. The maximum absolute atomic E-state index is 15.7. The second kappa shape index (κ2) is 18.2. The molecule has 1 fully saturated rings. The van der Waals surface area contributed by atoms with E-state index in [0.29, 0.717) is 32.4 Å². The number of alkyl carbamates (subject to hydrolysis) is 2. The highest BCUT2D eigenvalue weighted by atomic mass is 35.5. The van der Waals surface area contributed by atoms with Gasteiger partial charge in [0.1, 0.15) is 25.1 Å². The lowest BCUT2D eigenvalue weighted by Crippen LogP contribution is -2.51. The number of alkyl halides is 7. The Labute approximate surface area is 387 Å². The lowest BCUT2D eigenvalue weighted by atomic mass is 9.75. The van der Waals surface area contributed by atoms with Gasteiger partial charge in [-0.15, -0.1) is 0 Å². The molecule has 68 heavy (non-hydrogen) atoms. The summed E-state index contributed by atoms with van der Waals surface area (Å²) >= 11 is 6.54. The van der Waals surface area contributed by atoms with Crippen LogP contribution in [0.4, 0.5) is 40.3 Å². The summed E-state index contributed by atoms with van der Waals surface area (Å²) in [5.41, 5.74) is -3.39. The molecule has 1 saturated carbocycles. The van der Waals surface area contributed by atoms with Crippen LogP contribution < -0.4 is 10.6 Å². The first-order valence-electron chi connectivity index (χ1n) is 20.8. The van der Waals surface area contributed by atoms with E-state index >= 15 is 4.79 Å². The summed E-state index contributed by atoms with van der Waals surface area (Å²) in [4.78, 5) is 56.9. The Morgan fingerprint density at radius 1 is 0.912 bits per heavy atom. The molecule has 6 aromatic rings. The number of ether oxygens (including phenoxy) is 2. The number of halogens is 8. The van der Waals surface area contributed by atoms with Gasteiger partial charge in [-0.3, -0.25) is 15.0 Å². The van der Waals surface area contributed by atoms with Crippen molar-refractivity contribution in [3.63, 3.8) is 0 Å². The molecule has 3 amide bonds. The van der Waals surface area contributed by atoms with Gasteiger partial charge in [0.2, 0.25) is 5.96 Å². The predicted molar refractivity (Wildman–Crippen MR) is 231 cm³/mol. The number of rotatable bonds is 13. The van der Waals surface area contributed by atoms with Crippen molar-refractivity contribution in [3.05, 3.63) is 125 Å². The number of aliphatic imine (C=N–C) groups is 1. The van der Waals surface area contributed by atoms with Crippen molar-refractivity contribution in [1.82, 2.24) is 45.1 Å². The highest BCUT2D eigenvalue weighted by Gasteiger charge is 2.65. The van der Waals surface area contributed by atoms with Gasteiger partial charge in [0.05, 0.1) is 34.2 Å². The molecule has 0 radical (unpaired) electrons. The van der Waals surface area contributed by atoms with Crippen LogP contribution in [0, 0.1) is 5.41 Å². The molecule has 1 aliphatic heterocycles. The monoisotopic (exact) mass is 968 g/mol. The maximum Gasteiger partial charge on any atom is 0.414 e. The average molecular weight is 969 g/mol. The van der Waals surface area contributed by atoms with E-state index in [0.717, 1.165) is 22.1 Å². The summed E-state index contributed by atoms with van der Waals surface area (Å²) < 4.78 is 109. The molecule has 15 nitrogen and oxygen atoms in total. The van der Waals surface area contributed by atoms with Crippen molar-refractivity contribution in [2.45, 2.75) is 82.9 Å². The molecule has 0 spiro atoms. The molecule has 3 aromatic carbocycles. The predicted octanol–water partition coefficient (Wildman–Crippen LogP) is 9.98. The van der Waals surface area contributed by atoms with Crippen molar-refractivity contribution in [2.75, 3.05) is 6.61 Å². The smallest absolute Gasteiger partial charge is 0.414 e. The first-order chi connectivity index (χ1) is 32.2. The SMILES string of the molecule is CC(C)(C)C[C@]1(c2ccc3nc(-c4cnn(C(F)F)c4)ccc3c2)N=C(NC(=O)OCc2ccccc2)N([C@H](COC(=O)NC2(C(F)(F)F)CC2)c2ccc(Cl)c(-n3ncnc3C(F)F)c2)C1=O. The summed E-state index contributed by atoms with van der Waals surface area (Å²) in [6.45, 7) is 1.52. The third-order valence-corrected chi connectivity index (χ3v) is 11.6. The van der Waals surface area contributed by atoms with Gasteiger partial charge in [-0.25, -0.2) is 42.7 Å². The molecule has 4 heterocycles. The Balaban J connectivity index is 1.25. The number of aromatic nitrogens is 6. The standard InChI is InChI=1S/C45H40ClF7N10O5/c1-42(2,3)23-44(29-11-14-31-26(17-29)10-13-32(57-31)28-19-55-61(20-28)38(49)50)37(64)62(39(59-44)58-40(65)67-21-25-7-5-4-6-8-25)34(22-68-41(66)60-43(15-16-43)45(51,52)53)27-9-12-30(46)33(18-27)63-36(35(47)48)54-24-56-63/h4-14,17-20,24,34-35,38H,15-16,21-23H2,1-3H3,(H,60,66)(H,58,59,65)/t34-,44-/m1/s1. The first-order valence-corrected chi connectivity index (χ1v) is 21.2. The molecule has 2 aliphatic rings. The average Bonchev–Trinajstić information content (AvgIpc) is 3.57. The van der Waals surface area contributed by atoms with E-state index in [2.05, 4.69) is 25.5 Å². The zero-order valence-corrected chi connectivity index (χ0v) is 36.9. The van der Waals surface area contributed by atoms with Gasteiger partial charge in [-0.1, -0.05) is 80.9 Å². The Morgan fingerprint density at radius 3 is 2.32 bits per heavy atom. The quantitative estimate of drug-likeness (QED) is 0.107. The number of carbonyl (C=O) groups excluding carboxylic acids is 3. The summed E-state index contributed by atoms with van der Waals surface area (Å²) in [7, 11) is 0. The van der Waals surface area contributed by atoms with E-state index in [-0.39, 0.29) is 34.9 Å². The lowest BCUT2D eigenvalue weighted by molar-refractivity contribution is -0.164. The number of hydrogen-bond acceptors (Lipinski definition) is 10. The molecule has 3 aromatic heterocycles. The number of benzene rings is 3. The van der Waals surface area contributed by atoms with E-state index in [1.165, 1.54) is 24.4 Å².